The second-order valence-electron chi connectivity index (χ2n) is 9.51. The predicted molar refractivity (Wildman–Crippen MR) is 159 cm³/mol. The molecule has 2 atom stereocenters. The average molecular weight is 569 g/mol. The van der Waals surface area contributed by atoms with Crippen LogP contribution in [0.3, 0.4) is 0 Å². The number of nitrogen functional groups attached to an aromatic ring is 1. The lowest BCUT2D eigenvalue weighted by atomic mass is 9.92. The lowest BCUT2D eigenvalue weighted by Gasteiger charge is -2.39. The predicted octanol–water partition coefficient (Wildman–Crippen LogP) is 2.78. The molecule has 2 unspecified atom stereocenters. The fraction of sp³-hybridized carbons (Fsp3) is 0.167. The number of pyridine rings is 2. The highest BCUT2D eigenvalue weighted by atomic mass is 32.2. The van der Waals surface area contributed by atoms with Gasteiger partial charge >= 0.3 is 0 Å². The van der Waals surface area contributed by atoms with Gasteiger partial charge in [0.1, 0.15) is 11.4 Å². The van der Waals surface area contributed by atoms with Crippen LogP contribution in [-0.2, 0) is 10.0 Å². The molecule has 10 nitrogen and oxygen atoms in total. The van der Waals surface area contributed by atoms with E-state index in [9.17, 15) is 18.3 Å². The Morgan fingerprint density at radius 1 is 1.12 bits per heavy atom. The molecule has 2 aromatic carbocycles. The number of benzene rings is 2. The van der Waals surface area contributed by atoms with Crippen molar-refractivity contribution in [2.45, 2.75) is 19.2 Å². The van der Waals surface area contributed by atoms with E-state index < -0.39 is 28.2 Å². The number of hydrogen-bond donors (Lipinski definition) is 4. The van der Waals surface area contributed by atoms with E-state index >= 15 is 0 Å². The highest BCUT2D eigenvalue weighted by Gasteiger charge is 2.33. The summed E-state index contributed by atoms with van der Waals surface area (Å²) in [6.45, 7) is 1.76. The third-order valence-electron chi connectivity index (χ3n) is 6.60. The van der Waals surface area contributed by atoms with Crippen LogP contribution in [0.15, 0.2) is 78.8 Å². The Labute approximate surface area is 238 Å². The molecule has 5 N–H and O–H groups in total. The number of nitrogens with one attached hydrogen (secondary N) is 2. The maximum Gasteiger partial charge on any atom is 0.257 e. The Kier molecular flexibility index (Phi) is 7.72. The summed E-state index contributed by atoms with van der Waals surface area (Å²) in [5, 5.41) is 15.4. The van der Waals surface area contributed by atoms with Crippen LogP contribution in [0.2, 0.25) is 0 Å². The molecule has 41 heavy (non-hydrogen) atoms. The Morgan fingerprint density at radius 3 is 2.66 bits per heavy atom. The summed E-state index contributed by atoms with van der Waals surface area (Å²) in [6.07, 6.45) is 4.97. The average Bonchev–Trinajstić information content (AvgIpc) is 2.95. The molecule has 208 valence electrons. The second kappa shape index (κ2) is 11.4. The number of aliphatic hydroxyl groups excluding tert-OH is 1. The van der Waals surface area contributed by atoms with Gasteiger partial charge in [-0.3, -0.25) is 9.78 Å². The SMILES string of the molecule is CC(NC(=O)c1c(N)ncc2cccnc12)C1=Cc2cccc(C#CCNS(C)(=O)=O)c2C(O)N1c1ccccc1. The van der Waals surface area contributed by atoms with E-state index in [0.29, 0.717) is 33.4 Å². The van der Waals surface area contributed by atoms with Crippen molar-refractivity contribution in [1.82, 2.24) is 20.0 Å². The van der Waals surface area contributed by atoms with Crippen LogP contribution in [-0.4, -0.2) is 48.2 Å². The molecule has 1 aliphatic heterocycles. The minimum Gasteiger partial charge on any atom is -0.383 e. The Hall–Kier alpha value is -4.76. The highest BCUT2D eigenvalue weighted by molar-refractivity contribution is 7.88. The number of aliphatic hydroxyl groups is 1. The fourth-order valence-corrected chi connectivity index (χ4v) is 5.08. The Morgan fingerprint density at radius 2 is 1.90 bits per heavy atom. The Balaban J connectivity index is 1.54. The van der Waals surface area contributed by atoms with Gasteiger partial charge in [-0.1, -0.05) is 42.2 Å². The minimum atomic E-state index is -3.38. The standard InChI is InChI=1S/C30H28N6O4S/c1-19(35-29(37)26-27-22(12-7-15-32-27)18-33-28(26)31)24-17-21-10-6-9-20(11-8-16-34-41(2,39)40)25(21)30(38)36(24)23-13-4-3-5-14-23/h3-7,9-10,12-15,17-19,30,34,38H,16H2,1-2H3,(H2,31,33)(H,35,37). The summed E-state index contributed by atoms with van der Waals surface area (Å²) in [7, 11) is -3.38. The van der Waals surface area contributed by atoms with Gasteiger partial charge in [-0.2, -0.15) is 0 Å². The summed E-state index contributed by atoms with van der Waals surface area (Å²) >= 11 is 0. The van der Waals surface area contributed by atoms with E-state index in [1.807, 2.05) is 55.5 Å². The lowest BCUT2D eigenvalue weighted by molar-refractivity contribution is 0.0944. The summed E-state index contributed by atoms with van der Waals surface area (Å²) in [4.78, 5) is 23.8. The summed E-state index contributed by atoms with van der Waals surface area (Å²) in [5.74, 6) is 5.41. The van der Waals surface area contributed by atoms with Crippen molar-refractivity contribution in [1.29, 1.82) is 0 Å². The monoisotopic (exact) mass is 568 g/mol. The number of nitrogens with two attached hydrogens (primary N) is 1. The van der Waals surface area contributed by atoms with Gasteiger partial charge in [0, 0.05) is 40.3 Å². The number of rotatable bonds is 6. The molecule has 0 fully saturated rings. The first-order chi connectivity index (χ1) is 19.6. The number of nitrogens with zero attached hydrogens (tertiary/aromatic N) is 3. The van der Waals surface area contributed by atoms with Crippen LogP contribution in [0.25, 0.3) is 17.0 Å². The van der Waals surface area contributed by atoms with E-state index in [0.717, 1.165) is 11.8 Å². The zero-order valence-corrected chi connectivity index (χ0v) is 23.2. The Bertz CT molecular complexity index is 1830. The lowest BCUT2D eigenvalue weighted by Crippen LogP contribution is -2.43. The number of aromatic nitrogens is 2. The van der Waals surface area contributed by atoms with E-state index in [-0.39, 0.29) is 17.9 Å². The van der Waals surface area contributed by atoms with Crippen molar-refractivity contribution >= 4 is 44.4 Å². The third-order valence-corrected chi connectivity index (χ3v) is 7.27. The topological polar surface area (TPSA) is 151 Å². The number of carbonyl (C=O) groups excluding carboxylic acids is 1. The zero-order chi connectivity index (χ0) is 29.1. The number of para-hydroxylation sites is 1. The van der Waals surface area contributed by atoms with Gasteiger partial charge in [0.05, 0.1) is 24.4 Å². The van der Waals surface area contributed by atoms with E-state index in [2.05, 4.69) is 31.8 Å². The van der Waals surface area contributed by atoms with Gasteiger partial charge in [-0.05, 0) is 48.9 Å². The van der Waals surface area contributed by atoms with Crippen molar-refractivity contribution in [2.75, 3.05) is 23.4 Å². The fourth-order valence-electron chi connectivity index (χ4n) is 4.75. The highest BCUT2D eigenvalue weighted by Crippen LogP contribution is 2.39. The summed E-state index contributed by atoms with van der Waals surface area (Å²) in [6, 6.07) is 17.7. The van der Waals surface area contributed by atoms with Crippen molar-refractivity contribution in [3.05, 3.63) is 101 Å². The van der Waals surface area contributed by atoms with Gasteiger partial charge in [-0.25, -0.2) is 18.1 Å². The van der Waals surface area contributed by atoms with E-state index in [1.165, 1.54) is 0 Å². The van der Waals surface area contributed by atoms with Crippen molar-refractivity contribution in [3.63, 3.8) is 0 Å². The maximum atomic E-state index is 13.5. The third kappa shape index (κ3) is 5.90. The molecule has 4 aromatic rings. The van der Waals surface area contributed by atoms with Crippen molar-refractivity contribution < 1.29 is 18.3 Å². The van der Waals surface area contributed by atoms with Gasteiger partial charge in [0.25, 0.3) is 5.91 Å². The molecule has 3 heterocycles. The number of amides is 1. The molecule has 0 spiro atoms. The quantitative estimate of drug-likeness (QED) is 0.259. The van der Waals surface area contributed by atoms with Gasteiger partial charge in [0.15, 0.2) is 6.23 Å². The largest absolute Gasteiger partial charge is 0.383 e. The van der Waals surface area contributed by atoms with Crippen LogP contribution in [0.1, 0.15) is 40.2 Å². The van der Waals surface area contributed by atoms with Crippen LogP contribution in [0, 0.1) is 11.8 Å². The molecule has 5 rings (SSSR count). The number of carbonyl (C=O) groups is 1. The number of hydrogen-bond acceptors (Lipinski definition) is 8. The molecular weight excluding hydrogens is 540 g/mol. The summed E-state index contributed by atoms with van der Waals surface area (Å²) < 4.78 is 25.1. The first-order valence-corrected chi connectivity index (χ1v) is 14.6. The molecule has 0 saturated carbocycles. The molecular formula is C30H28N6O4S. The smallest absolute Gasteiger partial charge is 0.257 e. The summed E-state index contributed by atoms with van der Waals surface area (Å²) in [5.41, 5.74) is 9.91. The minimum absolute atomic E-state index is 0.0633. The van der Waals surface area contributed by atoms with Crippen molar-refractivity contribution in [2.24, 2.45) is 0 Å². The molecule has 0 aliphatic carbocycles. The number of anilines is 2. The van der Waals surface area contributed by atoms with Crippen molar-refractivity contribution in [3.8, 4) is 11.8 Å². The molecule has 2 aromatic heterocycles. The molecule has 11 heteroatoms. The maximum absolute atomic E-state index is 13.5. The van der Waals surface area contributed by atoms with E-state index in [1.54, 1.807) is 35.5 Å². The van der Waals surface area contributed by atoms with Gasteiger partial charge in [-0.15, -0.1) is 0 Å². The normalized spacial score (nSPS) is 15.3. The number of fused-ring (bicyclic) bond motifs is 2. The second-order valence-corrected chi connectivity index (χ2v) is 11.3. The molecule has 0 bridgehead atoms. The molecule has 0 radical (unpaired) electrons. The molecule has 1 aliphatic rings. The van der Waals surface area contributed by atoms with Gasteiger partial charge < -0.3 is 21.1 Å². The van der Waals surface area contributed by atoms with Gasteiger partial charge in [0.2, 0.25) is 10.0 Å². The van der Waals surface area contributed by atoms with Crippen LogP contribution >= 0.6 is 0 Å². The first-order valence-electron chi connectivity index (χ1n) is 12.7. The van der Waals surface area contributed by atoms with Crippen LogP contribution in [0.4, 0.5) is 11.5 Å². The zero-order valence-electron chi connectivity index (χ0n) is 22.4. The van der Waals surface area contributed by atoms with Crippen LogP contribution < -0.4 is 20.7 Å². The van der Waals surface area contributed by atoms with Crippen LogP contribution in [0.5, 0.6) is 0 Å². The van der Waals surface area contributed by atoms with E-state index in [4.69, 9.17) is 5.73 Å². The first kappa shape index (κ1) is 27.8. The molecule has 1 amide bonds. The number of sulfonamides is 1. The molecule has 0 saturated heterocycles.